The minimum atomic E-state index is -5.03. The lowest BCUT2D eigenvalue weighted by Gasteiger charge is -2.37. The Morgan fingerprint density at radius 3 is 2.48 bits per heavy atom. The van der Waals surface area contributed by atoms with Gasteiger partial charge in [0.2, 0.25) is 11.5 Å². The lowest BCUT2D eigenvalue weighted by Crippen LogP contribution is -2.52. The molecule has 0 bridgehead atoms. The molecule has 1 saturated heterocycles. The molecule has 1 atom stereocenters. The number of aromatic nitrogens is 2. The molecule has 1 fully saturated rings. The minimum Gasteiger partial charge on any atom is -0.374 e. The molecule has 1 aliphatic heterocycles. The Hall–Kier alpha value is -2.10. The first-order valence-corrected chi connectivity index (χ1v) is 9.49. The summed E-state index contributed by atoms with van der Waals surface area (Å²) in [4.78, 5) is 19.6. The second kappa shape index (κ2) is 8.33. The number of aryl methyl sites for hydroxylation is 1. The molecule has 6 nitrogen and oxygen atoms in total. The highest BCUT2D eigenvalue weighted by Crippen LogP contribution is 2.41. The predicted molar refractivity (Wildman–Crippen MR) is 101 cm³/mol. The van der Waals surface area contributed by atoms with E-state index in [0.29, 0.717) is 24.7 Å². The standard InChI is InChI=1S/C19H22ClF3N4O2/c1-25-6-5-24-17(25)18(29,19(21,22)23)12-16(28)27-9-7-26(8-10-27)13-14-3-2-4-15(20)11-14/h2-6,11,29H,7-10,12-13H2,1H3. The van der Waals surface area contributed by atoms with E-state index in [0.717, 1.165) is 16.3 Å². The van der Waals surface area contributed by atoms with Crippen molar-refractivity contribution in [3.8, 4) is 0 Å². The third kappa shape index (κ3) is 4.73. The number of carbonyl (C=O) groups is 1. The summed E-state index contributed by atoms with van der Waals surface area (Å²) < 4.78 is 41.9. The number of aliphatic hydroxyl groups is 1. The van der Waals surface area contributed by atoms with Crippen molar-refractivity contribution in [2.75, 3.05) is 26.2 Å². The first kappa shape index (κ1) is 21.6. The van der Waals surface area contributed by atoms with E-state index in [2.05, 4.69) is 9.88 Å². The van der Waals surface area contributed by atoms with E-state index in [9.17, 15) is 23.1 Å². The maximum atomic E-state index is 13.6. The van der Waals surface area contributed by atoms with Crippen molar-refractivity contribution in [1.82, 2.24) is 19.4 Å². The van der Waals surface area contributed by atoms with Crippen LogP contribution in [0.4, 0.5) is 13.2 Å². The van der Waals surface area contributed by atoms with Crippen molar-refractivity contribution in [3.05, 3.63) is 53.1 Å². The fourth-order valence-electron chi connectivity index (χ4n) is 3.45. The summed E-state index contributed by atoms with van der Waals surface area (Å²) in [7, 11) is 1.35. The van der Waals surface area contributed by atoms with Crippen LogP contribution < -0.4 is 0 Å². The Morgan fingerprint density at radius 1 is 1.24 bits per heavy atom. The van der Waals surface area contributed by atoms with Gasteiger partial charge in [-0.3, -0.25) is 9.69 Å². The van der Waals surface area contributed by atoms with E-state index >= 15 is 0 Å². The average molecular weight is 431 g/mol. The average Bonchev–Trinajstić information content (AvgIpc) is 3.08. The molecule has 3 rings (SSSR count). The van der Waals surface area contributed by atoms with Gasteiger partial charge in [-0.05, 0) is 17.7 Å². The molecule has 0 radical (unpaired) electrons. The first-order chi connectivity index (χ1) is 13.6. The van der Waals surface area contributed by atoms with Gasteiger partial charge in [0, 0.05) is 57.2 Å². The number of carbonyl (C=O) groups excluding carboxylic acids is 1. The van der Waals surface area contributed by atoms with Crippen LogP contribution in [-0.4, -0.2) is 62.7 Å². The summed E-state index contributed by atoms with van der Waals surface area (Å²) in [6.07, 6.45) is -3.68. The Bertz CT molecular complexity index is 865. The highest BCUT2D eigenvalue weighted by atomic mass is 35.5. The summed E-state index contributed by atoms with van der Waals surface area (Å²) in [5, 5.41) is 11.0. The number of benzene rings is 1. The third-order valence-corrected chi connectivity index (χ3v) is 5.32. The summed E-state index contributed by atoms with van der Waals surface area (Å²) in [6.45, 7) is 2.25. The van der Waals surface area contributed by atoms with E-state index in [4.69, 9.17) is 11.6 Å². The molecule has 1 aromatic carbocycles. The molecule has 0 spiro atoms. The number of hydrogen-bond donors (Lipinski definition) is 1. The molecule has 2 heterocycles. The van der Waals surface area contributed by atoms with Crippen molar-refractivity contribution in [1.29, 1.82) is 0 Å². The zero-order chi connectivity index (χ0) is 21.2. The fraction of sp³-hybridized carbons (Fsp3) is 0.474. The van der Waals surface area contributed by atoms with Crippen LogP contribution in [-0.2, 0) is 24.0 Å². The van der Waals surface area contributed by atoms with Gasteiger partial charge >= 0.3 is 6.18 Å². The number of hydrogen-bond acceptors (Lipinski definition) is 4. The first-order valence-electron chi connectivity index (χ1n) is 9.11. The van der Waals surface area contributed by atoms with Gasteiger partial charge in [0.15, 0.2) is 5.82 Å². The normalized spacial score (nSPS) is 17.9. The summed E-state index contributed by atoms with van der Waals surface area (Å²) in [5.74, 6) is -1.35. The Labute approximate surface area is 171 Å². The molecule has 1 amide bonds. The van der Waals surface area contributed by atoms with Crippen molar-refractivity contribution < 1.29 is 23.1 Å². The third-order valence-electron chi connectivity index (χ3n) is 5.09. The van der Waals surface area contributed by atoms with Crippen LogP contribution in [0, 0.1) is 0 Å². The van der Waals surface area contributed by atoms with Crippen LogP contribution in [0.1, 0.15) is 17.8 Å². The molecule has 0 aliphatic carbocycles. The monoisotopic (exact) mass is 430 g/mol. The fourth-order valence-corrected chi connectivity index (χ4v) is 3.66. The number of amides is 1. The number of imidazole rings is 1. The minimum absolute atomic E-state index is 0.286. The molecular weight excluding hydrogens is 409 g/mol. The Balaban J connectivity index is 1.63. The van der Waals surface area contributed by atoms with Gasteiger partial charge < -0.3 is 14.6 Å². The quantitative estimate of drug-likeness (QED) is 0.792. The number of nitrogens with zero attached hydrogens (tertiary/aromatic N) is 4. The summed E-state index contributed by atoms with van der Waals surface area (Å²) >= 11 is 5.99. The van der Waals surface area contributed by atoms with Gasteiger partial charge in [-0.15, -0.1) is 0 Å². The van der Waals surface area contributed by atoms with Gasteiger partial charge in [0.25, 0.3) is 0 Å². The van der Waals surface area contributed by atoms with Gasteiger partial charge in [0.1, 0.15) is 0 Å². The maximum absolute atomic E-state index is 13.6. The molecule has 158 valence electrons. The van der Waals surface area contributed by atoms with Gasteiger partial charge in [0.05, 0.1) is 6.42 Å². The van der Waals surface area contributed by atoms with Gasteiger partial charge in [-0.1, -0.05) is 23.7 Å². The molecule has 0 saturated carbocycles. The van der Waals surface area contributed by atoms with Crippen LogP contribution in [0.5, 0.6) is 0 Å². The van der Waals surface area contributed by atoms with E-state index in [1.54, 1.807) is 6.07 Å². The molecule has 1 unspecified atom stereocenters. The summed E-state index contributed by atoms with van der Waals surface area (Å²) in [5.41, 5.74) is -2.31. The number of halogens is 4. The summed E-state index contributed by atoms with van der Waals surface area (Å²) in [6, 6.07) is 7.44. The predicted octanol–water partition coefficient (Wildman–Crippen LogP) is 2.56. The van der Waals surface area contributed by atoms with Crippen molar-refractivity contribution in [3.63, 3.8) is 0 Å². The molecule has 29 heavy (non-hydrogen) atoms. The topological polar surface area (TPSA) is 61.6 Å². The highest BCUT2D eigenvalue weighted by Gasteiger charge is 2.59. The Morgan fingerprint density at radius 2 is 1.93 bits per heavy atom. The lowest BCUT2D eigenvalue weighted by atomic mass is 9.96. The SMILES string of the molecule is Cn1ccnc1C(O)(CC(=O)N1CCN(Cc2cccc(Cl)c2)CC1)C(F)(F)F. The number of piperazine rings is 1. The van der Waals surface area contributed by atoms with E-state index in [-0.39, 0.29) is 13.1 Å². The molecule has 1 aliphatic rings. The molecule has 1 aromatic heterocycles. The molecule has 10 heteroatoms. The largest absolute Gasteiger partial charge is 0.425 e. The zero-order valence-corrected chi connectivity index (χ0v) is 16.6. The smallest absolute Gasteiger partial charge is 0.374 e. The van der Waals surface area contributed by atoms with Crippen LogP contribution >= 0.6 is 11.6 Å². The molecule has 2 aromatic rings. The number of alkyl halides is 3. The lowest BCUT2D eigenvalue weighted by molar-refractivity contribution is -0.272. The van der Waals surface area contributed by atoms with Crippen LogP contribution in [0.2, 0.25) is 5.02 Å². The van der Waals surface area contributed by atoms with Gasteiger partial charge in [-0.2, -0.15) is 13.2 Å². The van der Waals surface area contributed by atoms with Crippen molar-refractivity contribution in [2.24, 2.45) is 7.05 Å². The second-order valence-electron chi connectivity index (χ2n) is 7.18. The highest BCUT2D eigenvalue weighted by molar-refractivity contribution is 6.30. The number of rotatable bonds is 5. The second-order valence-corrected chi connectivity index (χ2v) is 7.62. The van der Waals surface area contributed by atoms with Gasteiger partial charge in [-0.25, -0.2) is 4.98 Å². The van der Waals surface area contributed by atoms with Crippen LogP contribution in [0.15, 0.2) is 36.7 Å². The van der Waals surface area contributed by atoms with Crippen LogP contribution in [0.3, 0.4) is 0 Å². The van der Waals surface area contributed by atoms with E-state index < -0.39 is 29.9 Å². The molecule has 1 N–H and O–H groups in total. The van der Waals surface area contributed by atoms with Crippen molar-refractivity contribution in [2.45, 2.75) is 24.7 Å². The maximum Gasteiger partial charge on any atom is 0.425 e. The van der Waals surface area contributed by atoms with Crippen LogP contribution in [0.25, 0.3) is 0 Å². The van der Waals surface area contributed by atoms with E-state index in [1.807, 2.05) is 18.2 Å². The van der Waals surface area contributed by atoms with E-state index in [1.165, 1.54) is 18.1 Å². The van der Waals surface area contributed by atoms with Crippen molar-refractivity contribution >= 4 is 17.5 Å². The zero-order valence-electron chi connectivity index (χ0n) is 15.9. The molecular formula is C19H22ClF3N4O2. The Kier molecular flexibility index (Phi) is 6.21.